The van der Waals surface area contributed by atoms with Gasteiger partial charge in [0.25, 0.3) is 5.91 Å². The Balaban J connectivity index is 1.46. The van der Waals surface area contributed by atoms with Gasteiger partial charge in [-0.2, -0.15) is 4.31 Å². The normalized spacial score (nSPS) is 15.4. The molecule has 156 valence electrons. The van der Waals surface area contributed by atoms with Gasteiger partial charge in [-0.05, 0) is 49.1 Å². The van der Waals surface area contributed by atoms with E-state index in [0.29, 0.717) is 36.7 Å². The second-order valence-corrected chi connectivity index (χ2v) is 9.10. The van der Waals surface area contributed by atoms with Crippen LogP contribution in [-0.2, 0) is 21.2 Å². The molecule has 3 rings (SSSR count). The third-order valence-electron chi connectivity index (χ3n) is 4.98. The number of benzene rings is 2. The highest BCUT2D eigenvalue weighted by atomic mass is 32.2. The molecule has 0 aliphatic carbocycles. The third-order valence-corrected chi connectivity index (χ3v) is 6.89. The van der Waals surface area contributed by atoms with Crippen LogP contribution < -0.4 is 10.1 Å². The molecule has 2 aromatic carbocycles. The third kappa shape index (κ3) is 6.30. The molecule has 2 aromatic rings. The zero-order chi connectivity index (χ0) is 20.5. The number of nitrogens with zero attached hydrogens (tertiary/aromatic N) is 1. The lowest BCUT2D eigenvalue weighted by molar-refractivity contribution is -0.123. The molecule has 29 heavy (non-hydrogen) atoms. The zero-order valence-corrected chi connectivity index (χ0v) is 17.4. The molecule has 0 unspecified atom stereocenters. The van der Waals surface area contributed by atoms with Crippen molar-refractivity contribution >= 4 is 15.9 Å². The molecule has 0 saturated carbocycles. The fraction of sp³-hybridized carbons (Fsp3) is 0.409. The number of amides is 1. The van der Waals surface area contributed by atoms with E-state index in [1.807, 2.05) is 30.3 Å². The van der Waals surface area contributed by atoms with Crippen molar-refractivity contribution in [3.8, 4) is 5.75 Å². The van der Waals surface area contributed by atoms with Crippen LogP contribution in [0.1, 0.15) is 31.2 Å². The van der Waals surface area contributed by atoms with Crippen LogP contribution >= 0.6 is 0 Å². The molecule has 0 atom stereocenters. The van der Waals surface area contributed by atoms with Crippen molar-refractivity contribution in [1.82, 2.24) is 9.62 Å². The number of nitrogens with one attached hydrogen (secondary N) is 1. The molecular weight excluding hydrogens is 388 g/mol. The van der Waals surface area contributed by atoms with Gasteiger partial charge >= 0.3 is 0 Å². The lowest BCUT2D eigenvalue weighted by Gasteiger charge is -2.20. The number of ether oxygens (including phenoxy) is 1. The van der Waals surface area contributed by atoms with E-state index in [4.69, 9.17) is 4.74 Å². The second kappa shape index (κ2) is 10.4. The van der Waals surface area contributed by atoms with Crippen molar-refractivity contribution < 1.29 is 17.9 Å². The van der Waals surface area contributed by atoms with E-state index in [1.54, 1.807) is 28.6 Å². The van der Waals surface area contributed by atoms with E-state index in [9.17, 15) is 13.2 Å². The van der Waals surface area contributed by atoms with E-state index in [0.717, 1.165) is 31.2 Å². The molecule has 7 heteroatoms. The number of rotatable bonds is 8. The van der Waals surface area contributed by atoms with Gasteiger partial charge < -0.3 is 10.1 Å². The van der Waals surface area contributed by atoms with Crippen molar-refractivity contribution in [3.05, 3.63) is 60.2 Å². The van der Waals surface area contributed by atoms with Crippen LogP contribution in [-0.4, -0.2) is 44.9 Å². The molecule has 0 spiro atoms. The summed E-state index contributed by atoms with van der Waals surface area (Å²) in [5.41, 5.74) is 0.976. The Morgan fingerprint density at radius 2 is 1.59 bits per heavy atom. The van der Waals surface area contributed by atoms with Crippen molar-refractivity contribution in [3.63, 3.8) is 0 Å². The first-order chi connectivity index (χ1) is 14.1. The largest absolute Gasteiger partial charge is 0.484 e. The highest BCUT2D eigenvalue weighted by Gasteiger charge is 2.24. The van der Waals surface area contributed by atoms with Crippen LogP contribution in [0.25, 0.3) is 0 Å². The Labute approximate surface area is 172 Å². The van der Waals surface area contributed by atoms with Crippen LogP contribution in [0.5, 0.6) is 5.75 Å². The number of carbonyl (C=O) groups excluding carboxylic acids is 1. The quantitative estimate of drug-likeness (QED) is 0.718. The highest BCUT2D eigenvalue weighted by molar-refractivity contribution is 7.89. The summed E-state index contributed by atoms with van der Waals surface area (Å²) in [5.74, 6) is 0.470. The predicted molar refractivity (Wildman–Crippen MR) is 112 cm³/mol. The molecule has 1 amide bonds. The van der Waals surface area contributed by atoms with E-state index in [-0.39, 0.29) is 12.5 Å². The summed E-state index contributed by atoms with van der Waals surface area (Å²) < 4.78 is 32.6. The molecule has 1 aliphatic rings. The Bertz CT molecular complexity index is 875. The molecule has 0 bridgehead atoms. The standard InChI is InChI=1S/C22H28N2O4S/c25-22(18-28-20-8-4-3-5-9-20)23-15-14-19-10-12-21(13-11-19)29(26,27)24-16-6-1-2-7-17-24/h3-5,8-13H,1-2,6-7,14-18H2,(H,23,25). The Morgan fingerprint density at radius 1 is 0.931 bits per heavy atom. The molecule has 1 fully saturated rings. The molecule has 1 N–H and O–H groups in total. The summed E-state index contributed by atoms with van der Waals surface area (Å²) in [6.07, 6.45) is 4.65. The first-order valence-electron chi connectivity index (χ1n) is 10.1. The Hall–Kier alpha value is -2.38. The molecule has 6 nitrogen and oxygen atoms in total. The van der Waals surface area contributed by atoms with Gasteiger partial charge in [-0.1, -0.05) is 43.2 Å². The topological polar surface area (TPSA) is 75.7 Å². The number of carbonyl (C=O) groups is 1. The minimum Gasteiger partial charge on any atom is -0.484 e. The van der Waals surface area contributed by atoms with Gasteiger partial charge in [0.05, 0.1) is 4.90 Å². The molecular formula is C22H28N2O4S. The lowest BCUT2D eigenvalue weighted by atomic mass is 10.1. The van der Waals surface area contributed by atoms with E-state index in [1.165, 1.54) is 0 Å². The maximum Gasteiger partial charge on any atom is 0.257 e. The minimum absolute atomic E-state index is 0.0307. The first kappa shape index (κ1) is 21.3. The maximum atomic E-state index is 12.8. The highest BCUT2D eigenvalue weighted by Crippen LogP contribution is 2.20. The number of para-hydroxylation sites is 1. The van der Waals surface area contributed by atoms with E-state index in [2.05, 4.69) is 5.32 Å². The van der Waals surface area contributed by atoms with Gasteiger partial charge in [0.2, 0.25) is 10.0 Å². The van der Waals surface area contributed by atoms with Gasteiger partial charge in [0.1, 0.15) is 5.75 Å². The average Bonchev–Trinajstić information content (AvgIpc) is 3.04. The number of hydrogen-bond acceptors (Lipinski definition) is 4. The van der Waals surface area contributed by atoms with Gasteiger partial charge in [-0.3, -0.25) is 4.79 Å². The SMILES string of the molecule is O=C(COc1ccccc1)NCCc1ccc(S(=O)(=O)N2CCCCCC2)cc1. The smallest absolute Gasteiger partial charge is 0.257 e. The molecule has 0 aromatic heterocycles. The number of sulfonamides is 1. The van der Waals surface area contributed by atoms with Gasteiger partial charge in [0, 0.05) is 19.6 Å². The van der Waals surface area contributed by atoms with Crippen LogP contribution in [0.2, 0.25) is 0 Å². The summed E-state index contributed by atoms with van der Waals surface area (Å²) in [6, 6.07) is 16.1. The maximum absolute atomic E-state index is 12.8. The van der Waals surface area contributed by atoms with Crippen LogP contribution in [0.15, 0.2) is 59.5 Å². The Morgan fingerprint density at radius 3 is 2.24 bits per heavy atom. The van der Waals surface area contributed by atoms with Crippen LogP contribution in [0, 0.1) is 0 Å². The summed E-state index contributed by atoms with van der Waals surface area (Å²) in [7, 11) is -3.42. The van der Waals surface area contributed by atoms with E-state index >= 15 is 0 Å². The van der Waals surface area contributed by atoms with Crippen molar-refractivity contribution in [2.45, 2.75) is 37.0 Å². The minimum atomic E-state index is -3.42. The summed E-state index contributed by atoms with van der Waals surface area (Å²) in [6.45, 7) is 1.63. The van der Waals surface area contributed by atoms with Crippen molar-refractivity contribution in [2.75, 3.05) is 26.2 Å². The average molecular weight is 417 g/mol. The summed E-state index contributed by atoms with van der Waals surface area (Å²) in [4.78, 5) is 12.2. The van der Waals surface area contributed by atoms with Crippen molar-refractivity contribution in [1.29, 1.82) is 0 Å². The summed E-state index contributed by atoms with van der Waals surface area (Å²) >= 11 is 0. The second-order valence-electron chi connectivity index (χ2n) is 7.16. The van der Waals surface area contributed by atoms with Crippen molar-refractivity contribution in [2.24, 2.45) is 0 Å². The zero-order valence-electron chi connectivity index (χ0n) is 16.5. The monoisotopic (exact) mass is 416 g/mol. The lowest BCUT2D eigenvalue weighted by Crippen LogP contribution is -2.32. The van der Waals surface area contributed by atoms with Gasteiger partial charge in [0.15, 0.2) is 6.61 Å². The molecule has 0 radical (unpaired) electrons. The Kier molecular flexibility index (Phi) is 7.66. The van der Waals surface area contributed by atoms with Gasteiger partial charge in [-0.15, -0.1) is 0 Å². The fourth-order valence-corrected chi connectivity index (χ4v) is 4.84. The molecule has 1 saturated heterocycles. The first-order valence-corrected chi connectivity index (χ1v) is 11.5. The van der Waals surface area contributed by atoms with Gasteiger partial charge in [-0.25, -0.2) is 8.42 Å². The molecule has 1 aliphatic heterocycles. The van der Waals surface area contributed by atoms with Crippen LogP contribution in [0.3, 0.4) is 0 Å². The molecule has 1 heterocycles. The predicted octanol–water partition coefficient (Wildman–Crippen LogP) is 2.99. The van der Waals surface area contributed by atoms with E-state index < -0.39 is 10.0 Å². The fourth-order valence-electron chi connectivity index (χ4n) is 3.32. The van der Waals surface area contributed by atoms with Crippen LogP contribution in [0.4, 0.5) is 0 Å². The summed E-state index contributed by atoms with van der Waals surface area (Å²) in [5, 5.41) is 2.81. The number of hydrogen-bond donors (Lipinski definition) is 1.